The molecule has 0 unspecified atom stereocenters. The number of fused-ring (bicyclic) bond motifs is 1. The Morgan fingerprint density at radius 1 is 1.21 bits per heavy atom. The van der Waals surface area contributed by atoms with Crippen molar-refractivity contribution in [1.82, 2.24) is 14.5 Å². The number of rotatable bonds is 6. The second-order valence-corrected chi connectivity index (χ2v) is 9.58. The first-order valence-electron chi connectivity index (χ1n) is 10.7. The van der Waals surface area contributed by atoms with Crippen molar-refractivity contribution >= 4 is 38.6 Å². The smallest absolute Gasteiger partial charge is 0.328 e. The van der Waals surface area contributed by atoms with Crippen molar-refractivity contribution in [2.24, 2.45) is 0 Å². The van der Waals surface area contributed by atoms with Gasteiger partial charge in [0.25, 0.3) is 15.9 Å². The summed E-state index contributed by atoms with van der Waals surface area (Å²) in [5, 5.41) is 0. The number of aryl methyl sites for hydroxylation is 2. The van der Waals surface area contributed by atoms with Gasteiger partial charge in [-0.1, -0.05) is 18.2 Å². The molecule has 1 aromatic heterocycles. The van der Waals surface area contributed by atoms with Crippen LogP contribution in [0.3, 0.4) is 0 Å². The zero-order chi connectivity index (χ0) is 23.8. The molecule has 4 rings (SSSR count). The number of imidazole rings is 1. The van der Waals surface area contributed by atoms with Crippen molar-refractivity contribution < 1.29 is 22.7 Å². The van der Waals surface area contributed by atoms with E-state index in [2.05, 4.69) is 9.71 Å². The Balaban J connectivity index is 1.82. The number of ether oxygens (including phenoxy) is 1. The molecule has 1 aliphatic rings. The number of anilines is 1. The SMILES string of the molecule is CCn1c(C)nc2cc(NS(=O)(=O)c3ccccc3)cc(C(=O)N3CCC[C@H]3C(=O)OC)c21. The van der Waals surface area contributed by atoms with Crippen LogP contribution in [0.1, 0.15) is 35.9 Å². The van der Waals surface area contributed by atoms with E-state index >= 15 is 0 Å². The lowest BCUT2D eigenvalue weighted by Crippen LogP contribution is -2.41. The van der Waals surface area contributed by atoms with Crippen LogP contribution in [0.15, 0.2) is 47.4 Å². The minimum absolute atomic E-state index is 0.110. The number of sulfonamides is 1. The van der Waals surface area contributed by atoms with E-state index in [1.165, 1.54) is 30.2 Å². The van der Waals surface area contributed by atoms with Crippen molar-refractivity contribution in [3.8, 4) is 0 Å². The Labute approximate surface area is 192 Å². The number of carbonyl (C=O) groups excluding carboxylic acids is 2. The molecular formula is C23H26N4O5S. The van der Waals surface area contributed by atoms with Gasteiger partial charge in [-0.05, 0) is 51.0 Å². The molecule has 174 valence electrons. The van der Waals surface area contributed by atoms with Gasteiger partial charge >= 0.3 is 5.97 Å². The van der Waals surface area contributed by atoms with Gasteiger partial charge in [-0.15, -0.1) is 0 Å². The van der Waals surface area contributed by atoms with Crippen molar-refractivity contribution in [3.63, 3.8) is 0 Å². The third-order valence-electron chi connectivity index (χ3n) is 5.87. The predicted octanol–water partition coefficient (Wildman–Crippen LogP) is 2.94. The number of carbonyl (C=O) groups is 2. The third-order valence-corrected chi connectivity index (χ3v) is 7.27. The molecule has 2 aromatic carbocycles. The number of nitrogens with one attached hydrogen (secondary N) is 1. The van der Waals surface area contributed by atoms with E-state index in [1.54, 1.807) is 24.3 Å². The monoisotopic (exact) mass is 470 g/mol. The lowest BCUT2D eigenvalue weighted by molar-refractivity contribution is -0.145. The Bertz CT molecular complexity index is 1320. The average molecular weight is 471 g/mol. The number of benzene rings is 2. The summed E-state index contributed by atoms with van der Waals surface area (Å²) in [7, 11) is -2.56. The highest BCUT2D eigenvalue weighted by atomic mass is 32.2. The molecule has 0 spiro atoms. The van der Waals surface area contributed by atoms with Crippen LogP contribution in [-0.2, 0) is 26.1 Å². The zero-order valence-electron chi connectivity index (χ0n) is 18.7. The topological polar surface area (TPSA) is 111 Å². The lowest BCUT2D eigenvalue weighted by atomic mass is 10.1. The number of amides is 1. The maximum absolute atomic E-state index is 13.7. The molecule has 3 aromatic rings. The molecule has 0 radical (unpaired) electrons. The van der Waals surface area contributed by atoms with Crippen molar-refractivity contribution in [2.45, 2.75) is 44.2 Å². The molecule has 9 nitrogen and oxygen atoms in total. The molecule has 1 aliphatic heterocycles. The second-order valence-electron chi connectivity index (χ2n) is 7.89. The number of nitrogens with zero attached hydrogens (tertiary/aromatic N) is 3. The van der Waals surface area contributed by atoms with E-state index in [9.17, 15) is 18.0 Å². The Morgan fingerprint density at radius 2 is 1.94 bits per heavy atom. The Morgan fingerprint density at radius 3 is 2.61 bits per heavy atom. The maximum atomic E-state index is 13.7. The van der Waals surface area contributed by atoms with Gasteiger partial charge in [0.15, 0.2) is 0 Å². The molecule has 1 N–H and O–H groups in total. The van der Waals surface area contributed by atoms with E-state index in [1.807, 2.05) is 18.4 Å². The first kappa shape index (κ1) is 22.8. The van der Waals surface area contributed by atoms with Gasteiger partial charge in [0.05, 0.1) is 34.3 Å². The van der Waals surface area contributed by atoms with E-state index in [-0.39, 0.29) is 22.1 Å². The maximum Gasteiger partial charge on any atom is 0.328 e. The van der Waals surface area contributed by atoms with E-state index in [4.69, 9.17) is 4.74 Å². The summed E-state index contributed by atoms with van der Waals surface area (Å²) < 4.78 is 35.1. The Hall–Kier alpha value is -3.40. The van der Waals surface area contributed by atoms with Crippen LogP contribution >= 0.6 is 0 Å². The molecule has 1 atom stereocenters. The fourth-order valence-electron chi connectivity index (χ4n) is 4.35. The summed E-state index contributed by atoms with van der Waals surface area (Å²) in [6.45, 7) is 4.78. The molecule has 1 saturated heterocycles. The molecule has 33 heavy (non-hydrogen) atoms. The number of hydrogen-bond donors (Lipinski definition) is 1. The normalized spacial score (nSPS) is 16.2. The van der Waals surface area contributed by atoms with Gasteiger partial charge < -0.3 is 14.2 Å². The van der Waals surface area contributed by atoms with Gasteiger partial charge in [0, 0.05) is 13.1 Å². The van der Waals surface area contributed by atoms with Gasteiger partial charge in [-0.3, -0.25) is 9.52 Å². The van der Waals surface area contributed by atoms with Crippen LogP contribution in [-0.4, -0.2) is 54.4 Å². The minimum atomic E-state index is -3.86. The van der Waals surface area contributed by atoms with Gasteiger partial charge in [0.1, 0.15) is 11.9 Å². The molecule has 0 saturated carbocycles. The van der Waals surface area contributed by atoms with Gasteiger partial charge in [0.2, 0.25) is 0 Å². The summed E-state index contributed by atoms with van der Waals surface area (Å²) in [5.41, 5.74) is 1.62. The van der Waals surface area contributed by atoms with Crippen LogP contribution in [0, 0.1) is 6.92 Å². The summed E-state index contributed by atoms with van der Waals surface area (Å²) in [5.74, 6) is -0.114. The first-order valence-corrected chi connectivity index (χ1v) is 12.2. The average Bonchev–Trinajstić information content (AvgIpc) is 3.41. The van der Waals surface area contributed by atoms with Crippen molar-refractivity contribution in [3.05, 3.63) is 53.9 Å². The van der Waals surface area contributed by atoms with Crippen molar-refractivity contribution in [1.29, 1.82) is 0 Å². The van der Waals surface area contributed by atoms with Crippen LogP contribution in [0.25, 0.3) is 11.0 Å². The van der Waals surface area contributed by atoms with Crippen LogP contribution < -0.4 is 4.72 Å². The summed E-state index contributed by atoms with van der Waals surface area (Å²) >= 11 is 0. The molecule has 1 amide bonds. The summed E-state index contributed by atoms with van der Waals surface area (Å²) in [6.07, 6.45) is 1.20. The molecule has 10 heteroatoms. The molecule has 1 fully saturated rings. The Kier molecular flexibility index (Phi) is 6.11. The molecular weight excluding hydrogens is 444 g/mol. The van der Waals surface area contributed by atoms with Gasteiger partial charge in [-0.25, -0.2) is 18.2 Å². The molecule has 0 aliphatic carbocycles. The first-order chi connectivity index (χ1) is 15.8. The van der Waals surface area contributed by atoms with Crippen LogP contribution in [0.2, 0.25) is 0 Å². The summed E-state index contributed by atoms with van der Waals surface area (Å²) in [4.78, 5) is 32.1. The van der Waals surface area contributed by atoms with Crippen molar-refractivity contribution in [2.75, 3.05) is 18.4 Å². The lowest BCUT2D eigenvalue weighted by Gasteiger charge is -2.23. The number of methoxy groups -OCH3 is 1. The highest BCUT2D eigenvalue weighted by molar-refractivity contribution is 7.92. The third kappa shape index (κ3) is 4.18. The highest BCUT2D eigenvalue weighted by Crippen LogP contribution is 2.30. The van der Waals surface area contributed by atoms with E-state index in [0.717, 1.165) is 0 Å². The predicted molar refractivity (Wildman–Crippen MR) is 123 cm³/mol. The number of aromatic nitrogens is 2. The number of likely N-dealkylation sites (tertiary alicyclic amines) is 1. The zero-order valence-corrected chi connectivity index (χ0v) is 19.6. The molecule has 2 heterocycles. The number of esters is 1. The summed E-state index contributed by atoms with van der Waals surface area (Å²) in [6, 6.07) is 10.5. The fourth-order valence-corrected chi connectivity index (χ4v) is 5.41. The largest absolute Gasteiger partial charge is 0.467 e. The quantitative estimate of drug-likeness (QED) is 0.555. The highest BCUT2D eigenvalue weighted by Gasteiger charge is 2.36. The fraction of sp³-hybridized carbons (Fsp3) is 0.348. The number of hydrogen-bond acceptors (Lipinski definition) is 6. The van der Waals surface area contributed by atoms with E-state index in [0.29, 0.717) is 42.8 Å². The van der Waals surface area contributed by atoms with Crippen LogP contribution in [0.5, 0.6) is 0 Å². The second kappa shape index (κ2) is 8.86. The van der Waals surface area contributed by atoms with Crippen LogP contribution in [0.4, 0.5) is 5.69 Å². The van der Waals surface area contributed by atoms with E-state index < -0.39 is 22.0 Å². The minimum Gasteiger partial charge on any atom is -0.467 e. The standard InChI is InChI=1S/C23H26N4O5S/c1-4-26-15(2)24-19-14-16(25-33(30,31)17-9-6-5-7-10-17)13-18(21(19)26)22(28)27-12-8-11-20(27)23(29)32-3/h5-7,9-10,13-14,20,25H,4,8,11-12H2,1-3H3/t20-/m0/s1. The van der Waals surface area contributed by atoms with Gasteiger partial charge in [-0.2, -0.15) is 0 Å². The molecule has 0 bridgehead atoms.